The van der Waals surface area contributed by atoms with E-state index in [1.165, 1.54) is 7.11 Å². The molecule has 0 unspecified atom stereocenters. The molecule has 0 atom stereocenters. The van der Waals surface area contributed by atoms with Gasteiger partial charge in [0.05, 0.1) is 19.1 Å². The number of aromatic nitrogens is 1. The number of benzene rings is 2. The Labute approximate surface area is 184 Å². The fourth-order valence-corrected chi connectivity index (χ4v) is 3.84. The molecule has 3 rings (SSSR count). The number of hydrogen-bond acceptors (Lipinski definition) is 3. The molecule has 0 saturated carbocycles. The van der Waals surface area contributed by atoms with E-state index in [4.69, 9.17) is 4.74 Å². The zero-order valence-electron chi connectivity index (χ0n) is 18.9. The molecular formula is C26H30N2O3. The molecule has 0 spiro atoms. The monoisotopic (exact) mass is 418 g/mol. The molecule has 0 saturated heterocycles. The molecule has 0 bridgehead atoms. The van der Waals surface area contributed by atoms with Crippen LogP contribution in [0.4, 0.5) is 0 Å². The van der Waals surface area contributed by atoms with Crippen LogP contribution in [-0.2, 0) is 22.5 Å². The Hall–Kier alpha value is -3.34. The molecular weight excluding hydrogens is 388 g/mol. The Balaban J connectivity index is 2.21. The van der Waals surface area contributed by atoms with Gasteiger partial charge in [-0.1, -0.05) is 60.7 Å². The Kier molecular flexibility index (Phi) is 6.64. The van der Waals surface area contributed by atoms with E-state index in [2.05, 4.69) is 9.88 Å². The number of nitrogens with zero attached hydrogens (tertiary/aromatic N) is 1. The summed E-state index contributed by atoms with van der Waals surface area (Å²) in [7, 11) is 1.39. The van der Waals surface area contributed by atoms with Gasteiger partial charge in [0, 0.05) is 29.0 Å². The van der Waals surface area contributed by atoms with Crippen LogP contribution in [0.1, 0.15) is 48.1 Å². The average molecular weight is 419 g/mol. The van der Waals surface area contributed by atoms with Gasteiger partial charge < -0.3 is 14.6 Å². The first-order chi connectivity index (χ1) is 14.7. The van der Waals surface area contributed by atoms with Gasteiger partial charge in [0.15, 0.2) is 0 Å². The molecule has 5 heteroatoms. The normalized spacial score (nSPS) is 11.3. The number of carbonyl (C=O) groups is 2. The van der Waals surface area contributed by atoms with Crippen molar-refractivity contribution in [1.29, 1.82) is 0 Å². The zero-order chi connectivity index (χ0) is 22.6. The summed E-state index contributed by atoms with van der Waals surface area (Å²) in [6.45, 7) is 8.33. The van der Waals surface area contributed by atoms with Crippen LogP contribution >= 0.6 is 0 Å². The minimum absolute atomic E-state index is 0.0899. The molecule has 0 aliphatic rings. The third kappa shape index (κ3) is 5.23. The average Bonchev–Trinajstić information content (AvgIpc) is 2.99. The van der Waals surface area contributed by atoms with Crippen LogP contribution in [0.2, 0.25) is 0 Å². The predicted molar refractivity (Wildman–Crippen MR) is 123 cm³/mol. The molecule has 1 heterocycles. The van der Waals surface area contributed by atoms with Crippen molar-refractivity contribution in [1.82, 2.24) is 9.88 Å². The van der Waals surface area contributed by atoms with Crippen LogP contribution in [0.5, 0.6) is 0 Å². The summed E-state index contributed by atoms with van der Waals surface area (Å²) in [5.74, 6) is -0.492. The molecule has 0 fully saturated rings. The number of amides is 1. The summed E-state index contributed by atoms with van der Waals surface area (Å²) >= 11 is 0. The Bertz CT molecular complexity index is 1060. The molecule has 162 valence electrons. The van der Waals surface area contributed by atoms with Gasteiger partial charge in [-0.25, -0.2) is 4.79 Å². The molecule has 1 amide bonds. The third-order valence-corrected chi connectivity index (χ3v) is 5.11. The predicted octanol–water partition coefficient (Wildman–Crippen LogP) is 4.76. The van der Waals surface area contributed by atoms with Crippen LogP contribution in [0.3, 0.4) is 0 Å². The van der Waals surface area contributed by atoms with Gasteiger partial charge in [0.25, 0.3) is 0 Å². The van der Waals surface area contributed by atoms with Crippen molar-refractivity contribution in [3.05, 3.63) is 83.2 Å². The van der Waals surface area contributed by atoms with Gasteiger partial charge in [0.2, 0.25) is 5.91 Å². The van der Waals surface area contributed by atoms with E-state index < -0.39 is 5.97 Å². The first kappa shape index (κ1) is 22.3. The highest BCUT2D eigenvalue weighted by Gasteiger charge is 2.28. The van der Waals surface area contributed by atoms with Crippen molar-refractivity contribution < 1.29 is 14.3 Å². The SMILES string of the molecule is COC(=O)c1c(-c2ccccc2)c(CC(=O)NC(C)(C)C)n(Cc2ccccc2)c1C. The lowest BCUT2D eigenvalue weighted by atomic mass is 9.98. The van der Waals surface area contributed by atoms with Crippen molar-refractivity contribution in [3.8, 4) is 11.1 Å². The van der Waals surface area contributed by atoms with E-state index in [0.717, 1.165) is 28.1 Å². The number of hydrogen-bond donors (Lipinski definition) is 1. The summed E-state index contributed by atoms with van der Waals surface area (Å²) in [5, 5.41) is 3.04. The molecule has 0 aliphatic carbocycles. The van der Waals surface area contributed by atoms with Crippen molar-refractivity contribution in [2.24, 2.45) is 0 Å². The van der Waals surface area contributed by atoms with Gasteiger partial charge in [-0.15, -0.1) is 0 Å². The van der Waals surface area contributed by atoms with E-state index in [1.807, 2.05) is 88.4 Å². The number of esters is 1. The smallest absolute Gasteiger partial charge is 0.340 e. The van der Waals surface area contributed by atoms with Crippen molar-refractivity contribution >= 4 is 11.9 Å². The van der Waals surface area contributed by atoms with E-state index >= 15 is 0 Å². The maximum Gasteiger partial charge on any atom is 0.340 e. The summed E-state index contributed by atoms with van der Waals surface area (Å²) in [6.07, 6.45) is 0.159. The maximum absolute atomic E-state index is 12.9. The Morgan fingerprint density at radius 2 is 1.55 bits per heavy atom. The quantitative estimate of drug-likeness (QED) is 0.588. The van der Waals surface area contributed by atoms with Crippen LogP contribution in [-0.4, -0.2) is 29.1 Å². The van der Waals surface area contributed by atoms with Gasteiger partial charge in [-0.2, -0.15) is 0 Å². The maximum atomic E-state index is 12.9. The Morgan fingerprint density at radius 3 is 2.10 bits per heavy atom. The topological polar surface area (TPSA) is 60.3 Å². The van der Waals surface area contributed by atoms with E-state index in [9.17, 15) is 9.59 Å². The minimum Gasteiger partial charge on any atom is -0.465 e. The molecule has 1 aromatic heterocycles. The van der Waals surface area contributed by atoms with E-state index in [-0.39, 0.29) is 17.9 Å². The number of carbonyl (C=O) groups excluding carboxylic acids is 2. The van der Waals surface area contributed by atoms with Crippen molar-refractivity contribution in [3.63, 3.8) is 0 Å². The molecule has 1 N–H and O–H groups in total. The summed E-state index contributed by atoms with van der Waals surface area (Å²) in [6, 6.07) is 19.7. The van der Waals surface area contributed by atoms with Crippen LogP contribution in [0.25, 0.3) is 11.1 Å². The fraction of sp³-hybridized carbons (Fsp3) is 0.308. The van der Waals surface area contributed by atoms with E-state index in [1.54, 1.807) is 0 Å². The molecule has 31 heavy (non-hydrogen) atoms. The first-order valence-electron chi connectivity index (χ1n) is 10.4. The number of nitrogens with one attached hydrogen (secondary N) is 1. The number of rotatable bonds is 6. The third-order valence-electron chi connectivity index (χ3n) is 5.11. The highest BCUT2D eigenvalue weighted by Crippen LogP contribution is 2.34. The highest BCUT2D eigenvalue weighted by atomic mass is 16.5. The summed E-state index contributed by atoms with van der Waals surface area (Å²) in [4.78, 5) is 25.8. The first-order valence-corrected chi connectivity index (χ1v) is 10.4. The fourth-order valence-electron chi connectivity index (χ4n) is 3.84. The van der Waals surface area contributed by atoms with Gasteiger partial charge >= 0.3 is 5.97 Å². The largest absolute Gasteiger partial charge is 0.465 e. The highest BCUT2D eigenvalue weighted by molar-refractivity contribution is 6.00. The zero-order valence-corrected chi connectivity index (χ0v) is 18.9. The number of methoxy groups -OCH3 is 1. The summed E-state index contributed by atoms with van der Waals surface area (Å²) < 4.78 is 7.19. The van der Waals surface area contributed by atoms with Crippen molar-refractivity contribution in [2.75, 3.05) is 7.11 Å². The molecule has 5 nitrogen and oxygen atoms in total. The second kappa shape index (κ2) is 9.21. The Morgan fingerprint density at radius 1 is 0.968 bits per heavy atom. The second-order valence-electron chi connectivity index (χ2n) is 8.69. The number of ether oxygens (including phenoxy) is 1. The van der Waals surface area contributed by atoms with Crippen molar-refractivity contribution in [2.45, 2.75) is 46.2 Å². The van der Waals surface area contributed by atoms with Crippen LogP contribution < -0.4 is 5.32 Å². The molecule has 0 aliphatic heterocycles. The lowest BCUT2D eigenvalue weighted by Crippen LogP contribution is -2.41. The minimum atomic E-state index is -0.402. The second-order valence-corrected chi connectivity index (χ2v) is 8.69. The standard InChI is InChI=1S/C26H30N2O3/c1-18-23(25(30)31-5)24(20-14-10-7-11-15-20)21(16-22(29)27-26(2,3)4)28(18)17-19-12-8-6-9-13-19/h6-15H,16-17H2,1-5H3,(H,27,29). The molecule has 2 aromatic carbocycles. The van der Waals surface area contributed by atoms with Crippen LogP contribution in [0.15, 0.2) is 60.7 Å². The van der Waals surface area contributed by atoms with Gasteiger partial charge in [0.1, 0.15) is 0 Å². The lowest BCUT2D eigenvalue weighted by molar-refractivity contribution is -0.121. The van der Waals surface area contributed by atoms with Gasteiger partial charge in [-0.05, 0) is 38.8 Å². The summed E-state index contributed by atoms with van der Waals surface area (Å²) in [5.41, 5.74) is 4.47. The lowest BCUT2D eigenvalue weighted by Gasteiger charge is -2.21. The van der Waals surface area contributed by atoms with Crippen LogP contribution in [0, 0.1) is 6.92 Å². The molecule has 3 aromatic rings. The van der Waals surface area contributed by atoms with E-state index in [0.29, 0.717) is 12.1 Å². The molecule has 0 radical (unpaired) electrons. The van der Waals surface area contributed by atoms with Gasteiger partial charge in [-0.3, -0.25) is 4.79 Å².